The van der Waals surface area contributed by atoms with E-state index in [0.717, 1.165) is 16.8 Å². The fourth-order valence-corrected chi connectivity index (χ4v) is 8.52. The average Bonchev–Trinajstić information content (AvgIpc) is 3.12. The Kier molecular flexibility index (Phi) is 8.93. The highest BCUT2D eigenvalue weighted by Gasteiger charge is 2.36. The molecule has 0 saturated heterocycles. The van der Waals surface area contributed by atoms with Crippen LogP contribution in [0, 0.1) is 0 Å². The van der Waals surface area contributed by atoms with Crippen molar-refractivity contribution >= 4 is 70.7 Å². The van der Waals surface area contributed by atoms with E-state index in [2.05, 4.69) is 10.3 Å². The van der Waals surface area contributed by atoms with Crippen molar-refractivity contribution in [2.75, 3.05) is 11.1 Å². The number of pyridine rings is 1. The number of anilines is 2. The lowest BCUT2D eigenvalue weighted by Crippen LogP contribution is -2.25. The highest BCUT2D eigenvalue weighted by Crippen LogP contribution is 2.45. The minimum Gasteiger partial charge on any atom is -0.481 e. The van der Waals surface area contributed by atoms with E-state index < -0.39 is 65.0 Å². The summed E-state index contributed by atoms with van der Waals surface area (Å²) in [5, 5.41) is 13.5. The summed E-state index contributed by atoms with van der Waals surface area (Å²) in [6, 6.07) is 25.4. The summed E-state index contributed by atoms with van der Waals surface area (Å²) in [4.78, 5) is 54.2. The van der Waals surface area contributed by atoms with Crippen molar-refractivity contribution in [3.63, 3.8) is 0 Å². The second-order valence-corrected chi connectivity index (χ2v) is 15.8. The van der Waals surface area contributed by atoms with Gasteiger partial charge in [-0.3, -0.25) is 18.9 Å². The molecule has 0 saturated carbocycles. The lowest BCUT2D eigenvalue weighted by Gasteiger charge is -2.25. The molecule has 0 fully saturated rings. The van der Waals surface area contributed by atoms with Crippen LogP contribution in [0.1, 0.15) is 44.7 Å². The number of ether oxygens (including phenoxy) is 1. The first-order chi connectivity index (χ1) is 25.2. The number of rotatable bonds is 11. The van der Waals surface area contributed by atoms with E-state index in [4.69, 9.17) is 9.84 Å². The topological polar surface area (TPSA) is 214 Å². The van der Waals surface area contributed by atoms with Crippen LogP contribution in [0.5, 0.6) is 0 Å². The molecule has 4 N–H and O–H groups in total. The van der Waals surface area contributed by atoms with Crippen LogP contribution in [0.25, 0.3) is 32.8 Å². The van der Waals surface area contributed by atoms with Crippen molar-refractivity contribution in [2.24, 2.45) is 0 Å². The Hall–Kier alpha value is -6.16. The predicted octanol–water partition coefficient (Wildman–Crippen LogP) is 5.88. The smallest absolute Gasteiger partial charge is 0.344 e. The van der Waals surface area contributed by atoms with Gasteiger partial charge in [-0.2, -0.15) is 8.42 Å². The van der Waals surface area contributed by atoms with Crippen LogP contribution in [-0.2, 0) is 36.1 Å². The zero-order valence-electron chi connectivity index (χ0n) is 27.5. The Labute approximate surface area is 301 Å². The highest BCUT2D eigenvalue weighted by atomic mass is 32.2. The quantitative estimate of drug-likeness (QED) is 0.0901. The molecule has 0 atom stereocenters. The minimum absolute atomic E-state index is 0.0768. The van der Waals surface area contributed by atoms with Gasteiger partial charge >= 0.3 is 11.9 Å². The van der Waals surface area contributed by atoms with Gasteiger partial charge in [-0.15, -0.1) is 0 Å². The number of carboxylic acid groups (broad SMARTS) is 1. The fourth-order valence-electron chi connectivity index (χ4n) is 6.49. The van der Waals surface area contributed by atoms with Crippen molar-refractivity contribution in [1.29, 1.82) is 0 Å². The number of ketones is 1. The third-order valence-corrected chi connectivity index (χ3v) is 11.5. The molecule has 1 heterocycles. The van der Waals surface area contributed by atoms with Gasteiger partial charge in [0.15, 0.2) is 15.6 Å². The molecule has 0 amide bonds. The number of carboxylic acids is 1. The molecule has 15 heteroatoms. The van der Waals surface area contributed by atoms with Crippen molar-refractivity contribution in [3.8, 4) is 11.1 Å². The summed E-state index contributed by atoms with van der Waals surface area (Å²) >= 11 is 0. The highest BCUT2D eigenvalue weighted by molar-refractivity contribution is 7.91. The van der Waals surface area contributed by atoms with Crippen molar-refractivity contribution in [2.45, 2.75) is 29.2 Å². The van der Waals surface area contributed by atoms with Crippen LogP contribution in [0.3, 0.4) is 0 Å². The number of hydrogen-bond donors (Lipinski definition) is 4. The first-order valence-corrected chi connectivity index (χ1v) is 19.2. The average molecular weight is 753 g/mol. The Morgan fingerprint density at radius 1 is 0.792 bits per heavy atom. The molecule has 0 radical (unpaired) electrons. The van der Waals surface area contributed by atoms with Gasteiger partial charge in [-0.05, 0) is 58.7 Å². The SMILES string of the molecule is O=C(O)CCCS(=O)(=O)c1cccc(Nc2cc(S(=O)(=O)O)c3[nH]c(=O)c(C(=O)OCc4ccc5ccccc5c4)c4c3c2C(=O)c2ccccc2-4)c1. The van der Waals surface area contributed by atoms with Gasteiger partial charge in [0.2, 0.25) is 0 Å². The number of benzene rings is 5. The minimum atomic E-state index is -5.10. The Morgan fingerprint density at radius 3 is 2.25 bits per heavy atom. The maximum Gasteiger partial charge on any atom is 0.344 e. The number of fused-ring (bicyclic) bond motifs is 3. The first kappa shape index (κ1) is 35.3. The summed E-state index contributed by atoms with van der Waals surface area (Å²) in [5.74, 6) is -3.28. The number of aliphatic carboxylic acids is 1. The second-order valence-electron chi connectivity index (χ2n) is 12.3. The normalized spacial score (nSPS) is 12.4. The Morgan fingerprint density at radius 2 is 1.51 bits per heavy atom. The molecule has 53 heavy (non-hydrogen) atoms. The number of carbonyl (C=O) groups is 3. The van der Waals surface area contributed by atoms with E-state index in [1.807, 2.05) is 36.4 Å². The van der Waals surface area contributed by atoms with Gasteiger partial charge in [0, 0.05) is 28.6 Å². The molecule has 0 aliphatic heterocycles. The van der Waals surface area contributed by atoms with Crippen LogP contribution in [0.15, 0.2) is 112 Å². The molecule has 6 aromatic rings. The van der Waals surface area contributed by atoms with Crippen LogP contribution in [-0.4, -0.2) is 55.0 Å². The Balaban J connectivity index is 1.39. The molecule has 13 nitrogen and oxygen atoms in total. The molecule has 1 aliphatic rings. The summed E-state index contributed by atoms with van der Waals surface area (Å²) < 4.78 is 67.7. The molecule has 1 aliphatic carbocycles. The third-order valence-electron chi connectivity index (χ3n) is 8.87. The van der Waals surface area contributed by atoms with E-state index >= 15 is 0 Å². The van der Waals surface area contributed by atoms with Crippen LogP contribution >= 0.6 is 0 Å². The van der Waals surface area contributed by atoms with E-state index in [-0.39, 0.29) is 63.4 Å². The van der Waals surface area contributed by atoms with E-state index in [0.29, 0.717) is 5.56 Å². The predicted molar refractivity (Wildman–Crippen MR) is 195 cm³/mol. The second kappa shape index (κ2) is 13.4. The van der Waals surface area contributed by atoms with Gasteiger partial charge in [0.1, 0.15) is 17.1 Å². The molecule has 268 valence electrons. The molecular weight excluding hydrogens is 725 g/mol. The van der Waals surface area contributed by atoms with Gasteiger partial charge in [-0.25, -0.2) is 13.2 Å². The molecule has 0 unspecified atom stereocenters. The Bertz CT molecular complexity index is 2830. The number of aromatic amines is 1. The number of esters is 1. The number of nitrogens with one attached hydrogen (secondary N) is 2. The van der Waals surface area contributed by atoms with Crippen LogP contribution < -0.4 is 10.9 Å². The van der Waals surface area contributed by atoms with E-state index in [1.165, 1.54) is 36.4 Å². The maximum atomic E-state index is 14.2. The van der Waals surface area contributed by atoms with Crippen molar-refractivity contribution in [1.82, 2.24) is 4.98 Å². The standard InChI is InChI=1S/C38H28N2O11S2/c41-30(42)13-6-16-52(46,47)25-10-5-9-24(18-25)39-28-19-29(53(48,49)50)35-33-31(26-11-3-4-12-27(26)36(43)32(28)33)34(37(44)40-35)38(45)51-20-21-14-15-22-7-1-2-8-23(22)17-21/h1-5,7-12,14-15,17-19,39H,6,13,16,20H2,(H,40,44)(H,41,42)(H,48,49,50). The van der Waals surface area contributed by atoms with Crippen LogP contribution in [0.2, 0.25) is 0 Å². The summed E-state index contributed by atoms with van der Waals surface area (Å²) in [5.41, 5.74) is -1.48. The third kappa shape index (κ3) is 6.68. The van der Waals surface area contributed by atoms with Gasteiger partial charge in [0.05, 0.1) is 27.4 Å². The molecule has 0 bridgehead atoms. The largest absolute Gasteiger partial charge is 0.481 e. The van der Waals surface area contributed by atoms with Gasteiger partial charge in [0.25, 0.3) is 15.7 Å². The molecule has 1 aromatic heterocycles. The van der Waals surface area contributed by atoms with E-state index in [1.54, 1.807) is 18.2 Å². The molecule has 0 spiro atoms. The van der Waals surface area contributed by atoms with E-state index in [9.17, 15) is 40.6 Å². The number of H-pyrrole nitrogens is 1. The lowest BCUT2D eigenvalue weighted by molar-refractivity contribution is -0.137. The molecular formula is C38H28N2O11S2. The van der Waals surface area contributed by atoms with Gasteiger partial charge < -0.3 is 20.1 Å². The molecule has 7 rings (SSSR count). The van der Waals surface area contributed by atoms with Crippen molar-refractivity contribution < 1.29 is 45.6 Å². The summed E-state index contributed by atoms with van der Waals surface area (Å²) in [6.07, 6.45) is -0.493. The first-order valence-electron chi connectivity index (χ1n) is 16.1. The van der Waals surface area contributed by atoms with Crippen LogP contribution in [0.4, 0.5) is 11.4 Å². The fraction of sp³-hybridized carbons (Fsp3) is 0.105. The summed E-state index contributed by atoms with van der Waals surface area (Å²) in [6.45, 7) is -0.221. The molecule has 5 aromatic carbocycles. The number of carbonyl (C=O) groups excluding carboxylic acids is 2. The summed E-state index contributed by atoms with van der Waals surface area (Å²) in [7, 11) is -9.05. The lowest BCUT2D eigenvalue weighted by atomic mass is 9.81. The maximum absolute atomic E-state index is 14.2. The number of sulfone groups is 1. The number of aromatic nitrogens is 1. The zero-order valence-corrected chi connectivity index (χ0v) is 29.1. The zero-order chi connectivity index (χ0) is 37.7. The van der Waals surface area contributed by atoms with Crippen molar-refractivity contribution in [3.05, 3.63) is 130 Å². The number of hydrogen-bond acceptors (Lipinski definition) is 10. The monoisotopic (exact) mass is 752 g/mol. The van der Waals surface area contributed by atoms with Gasteiger partial charge in [-0.1, -0.05) is 66.7 Å².